The first-order valence-corrected chi connectivity index (χ1v) is 6.40. The minimum Gasteiger partial charge on any atom is -0.494 e. The monoisotopic (exact) mass is 284 g/mol. The molecule has 0 bridgehead atoms. The standard InChI is InChI=1S/C13H17BrO2/c1-3-16-12-6-4-11(5-7-12)8-10(2)13(14)9-15/h4-7,9-10,13H,3,8H2,1-2H3. The molecule has 16 heavy (non-hydrogen) atoms. The Bertz CT molecular complexity index is 321. The summed E-state index contributed by atoms with van der Waals surface area (Å²) in [5, 5.41) is 0. The second kappa shape index (κ2) is 6.69. The number of carbonyl (C=O) groups excluding carboxylic acids is 1. The highest BCUT2D eigenvalue weighted by Gasteiger charge is 2.13. The zero-order chi connectivity index (χ0) is 12.0. The summed E-state index contributed by atoms with van der Waals surface area (Å²) >= 11 is 3.35. The van der Waals surface area contributed by atoms with Gasteiger partial charge >= 0.3 is 0 Å². The van der Waals surface area contributed by atoms with Crippen LogP contribution in [0.2, 0.25) is 0 Å². The molecule has 0 aliphatic carbocycles. The second-order valence-corrected chi connectivity index (χ2v) is 4.90. The van der Waals surface area contributed by atoms with Crippen molar-refractivity contribution in [2.75, 3.05) is 6.61 Å². The lowest BCUT2D eigenvalue weighted by molar-refractivity contribution is -0.107. The number of carbonyl (C=O) groups is 1. The van der Waals surface area contributed by atoms with Crippen LogP contribution in [0.3, 0.4) is 0 Å². The third kappa shape index (κ3) is 3.97. The average molecular weight is 285 g/mol. The van der Waals surface area contributed by atoms with Crippen LogP contribution in [0.15, 0.2) is 24.3 Å². The van der Waals surface area contributed by atoms with Crippen LogP contribution in [0, 0.1) is 5.92 Å². The van der Waals surface area contributed by atoms with Crippen LogP contribution in [-0.2, 0) is 11.2 Å². The molecule has 0 spiro atoms. The number of halogens is 1. The Morgan fingerprint density at radius 2 is 2.00 bits per heavy atom. The molecule has 2 unspecified atom stereocenters. The number of ether oxygens (including phenoxy) is 1. The molecule has 0 saturated heterocycles. The fourth-order valence-corrected chi connectivity index (χ4v) is 1.69. The number of benzene rings is 1. The third-order valence-corrected chi connectivity index (χ3v) is 3.58. The largest absolute Gasteiger partial charge is 0.494 e. The van der Waals surface area contributed by atoms with Crippen LogP contribution in [0.5, 0.6) is 5.75 Å². The Hall–Kier alpha value is -0.830. The molecule has 0 aromatic heterocycles. The zero-order valence-corrected chi connectivity index (χ0v) is 11.2. The van der Waals surface area contributed by atoms with Gasteiger partial charge in [0.25, 0.3) is 0 Å². The van der Waals surface area contributed by atoms with E-state index in [1.807, 2.05) is 31.2 Å². The first-order valence-electron chi connectivity index (χ1n) is 5.48. The second-order valence-electron chi connectivity index (χ2n) is 3.84. The van der Waals surface area contributed by atoms with Crippen molar-refractivity contribution in [1.82, 2.24) is 0 Å². The van der Waals surface area contributed by atoms with Crippen LogP contribution in [-0.4, -0.2) is 17.7 Å². The lowest BCUT2D eigenvalue weighted by Gasteiger charge is -2.13. The lowest BCUT2D eigenvalue weighted by atomic mass is 9.99. The van der Waals surface area contributed by atoms with Crippen molar-refractivity contribution in [2.24, 2.45) is 5.92 Å². The van der Waals surface area contributed by atoms with Crippen molar-refractivity contribution in [3.63, 3.8) is 0 Å². The van der Waals surface area contributed by atoms with Crippen molar-refractivity contribution >= 4 is 22.2 Å². The molecular weight excluding hydrogens is 268 g/mol. The molecule has 1 aromatic carbocycles. The van der Waals surface area contributed by atoms with Gasteiger partial charge in [0.05, 0.1) is 11.4 Å². The van der Waals surface area contributed by atoms with Crippen LogP contribution < -0.4 is 4.74 Å². The van der Waals surface area contributed by atoms with Crippen molar-refractivity contribution in [3.05, 3.63) is 29.8 Å². The van der Waals surface area contributed by atoms with E-state index in [4.69, 9.17) is 4.74 Å². The van der Waals surface area contributed by atoms with E-state index in [2.05, 4.69) is 22.9 Å². The maximum Gasteiger partial charge on any atom is 0.133 e. The van der Waals surface area contributed by atoms with E-state index >= 15 is 0 Å². The zero-order valence-electron chi connectivity index (χ0n) is 9.65. The smallest absolute Gasteiger partial charge is 0.133 e. The van der Waals surface area contributed by atoms with Gasteiger partial charge in [-0.25, -0.2) is 0 Å². The minimum atomic E-state index is -0.0703. The van der Waals surface area contributed by atoms with Crippen molar-refractivity contribution in [3.8, 4) is 5.75 Å². The van der Waals surface area contributed by atoms with Crippen LogP contribution in [0.25, 0.3) is 0 Å². The molecule has 1 rings (SSSR count). The fraction of sp³-hybridized carbons (Fsp3) is 0.462. The summed E-state index contributed by atoms with van der Waals surface area (Å²) in [7, 11) is 0. The predicted molar refractivity (Wildman–Crippen MR) is 69.3 cm³/mol. The van der Waals surface area contributed by atoms with Crippen molar-refractivity contribution < 1.29 is 9.53 Å². The van der Waals surface area contributed by atoms with Gasteiger partial charge in [-0.15, -0.1) is 0 Å². The topological polar surface area (TPSA) is 26.3 Å². The van der Waals surface area contributed by atoms with Gasteiger partial charge in [0.2, 0.25) is 0 Å². The highest BCUT2D eigenvalue weighted by Crippen LogP contribution is 2.19. The summed E-state index contributed by atoms with van der Waals surface area (Å²) < 4.78 is 5.37. The van der Waals surface area contributed by atoms with Gasteiger partial charge in [-0.05, 0) is 37.0 Å². The van der Waals surface area contributed by atoms with Gasteiger partial charge in [0.1, 0.15) is 12.0 Å². The van der Waals surface area contributed by atoms with Gasteiger partial charge in [-0.3, -0.25) is 0 Å². The van der Waals surface area contributed by atoms with Gasteiger partial charge in [-0.1, -0.05) is 35.0 Å². The molecule has 0 fully saturated rings. The van der Waals surface area contributed by atoms with Crippen LogP contribution >= 0.6 is 15.9 Å². The van der Waals surface area contributed by atoms with E-state index in [0.717, 1.165) is 18.5 Å². The summed E-state index contributed by atoms with van der Waals surface area (Å²) in [5.74, 6) is 1.19. The summed E-state index contributed by atoms with van der Waals surface area (Å²) in [6.45, 7) is 4.71. The van der Waals surface area contributed by atoms with Crippen molar-refractivity contribution in [2.45, 2.75) is 25.1 Å². The quantitative estimate of drug-likeness (QED) is 0.592. The molecule has 2 nitrogen and oxygen atoms in total. The molecule has 0 saturated carbocycles. The van der Waals surface area contributed by atoms with E-state index < -0.39 is 0 Å². The third-order valence-electron chi connectivity index (χ3n) is 2.47. The first kappa shape index (κ1) is 13.2. The van der Waals surface area contributed by atoms with Gasteiger partial charge in [0, 0.05) is 0 Å². The number of hydrogen-bond donors (Lipinski definition) is 0. The molecule has 3 heteroatoms. The molecule has 88 valence electrons. The normalized spacial score (nSPS) is 14.2. The minimum absolute atomic E-state index is 0.0703. The Morgan fingerprint density at radius 1 is 1.38 bits per heavy atom. The molecule has 0 N–H and O–H groups in total. The van der Waals surface area contributed by atoms with E-state index in [0.29, 0.717) is 12.5 Å². The Labute approximate surface area is 105 Å². The number of alkyl halides is 1. The van der Waals surface area contributed by atoms with E-state index in [1.54, 1.807) is 0 Å². The van der Waals surface area contributed by atoms with Crippen molar-refractivity contribution in [1.29, 1.82) is 0 Å². The first-order chi connectivity index (χ1) is 7.67. The average Bonchev–Trinajstić information content (AvgIpc) is 2.31. The van der Waals surface area contributed by atoms with Crippen LogP contribution in [0.4, 0.5) is 0 Å². The Kier molecular flexibility index (Phi) is 5.53. The number of rotatable bonds is 6. The summed E-state index contributed by atoms with van der Waals surface area (Å²) in [5.41, 5.74) is 1.22. The number of aldehydes is 1. The van der Waals surface area contributed by atoms with Gasteiger partial charge < -0.3 is 9.53 Å². The maximum atomic E-state index is 10.6. The van der Waals surface area contributed by atoms with Gasteiger partial charge in [-0.2, -0.15) is 0 Å². The maximum absolute atomic E-state index is 10.6. The molecule has 0 aliphatic heterocycles. The molecule has 0 radical (unpaired) electrons. The lowest BCUT2D eigenvalue weighted by Crippen LogP contribution is -2.14. The van der Waals surface area contributed by atoms with E-state index in [9.17, 15) is 4.79 Å². The highest BCUT2D eigenvalue weighted by atomic mass is 79.9. The molecular formula is C13H17BrO2. The summed E-state index contributed by atoms with van der Waals surface area (Å²) in [6.07, 6.45) is 1.83. The number of hydrogen-bond acceptors (Lipinski definition) is 2. The summed E-state index contributed by atoms with van der Waals surface area (Å²) in [6, 6.07) is 8.03. The molecule has 0 heterocycles. The molecule has 2 atom stereocenters. The predicted octanol–water partition coefficient (Wildman–Crippen LogP) is 3.23. The van der Waals surface area contributed by atoms with E-state index in [-0.39, 0.29) is 4.83 Å². The Balaban J connectivity index is 2.57. The SMILES string of the molecule is CCOc1ccc(CC(C)C(Br)C=O)cc1. The molecule has 0 amide bonds. The van der Waals surface area contributed by atoms with E-state index in [1.165, 1.54) is 5.56 Å². The van der Waals surface area contributed by atoms with Gasteiger partial charge in [0.15, 0.2) is 0 Å². The molecule has 1 aromatic rings. The van der Waals surface area contributed by atoms with Crippen LogP contribution in [0.1, 0.15) is 19.4 Å². The fourth-order valence-electron chi connectivity index (χ4n) is 1.51. The Morgan fingerprint density at radius 3 is 2.50 bits per heavy atom. The molecule has 0 aliphatic rings. The summed E-state index contributed by atoms with van der Waals surface area (Å²) in [4.78, 5) is 10.5. The highest BCUT2D eigenvalue weighted by molar-refractivity contribution is 9.09.